The minimum Gasteiger partial charge on any atom is -0.448 e. The van der Waals surface area contributed by atoms with E-state index in [9.17, 15) is 19.2 Å². The summed E-state index contributed by atoms with van der Waals surface area (Å²) in [7, 11) is 0. The van der Waals surface area contributed by atoms with E-state index in [1.54, 1.807) is 6.20 Å². The molecule has 6 rings (SSSR count). The number of fused-ring (bicyclic) bond motifs is 1. The second kappa shape index (κ2) is 12.9. The van der Waals surface area contributed by atoms with Crippen LogP contribution >= 0.6 is 23.1 Å². The van der Waals surface area contributed by atoms with E-state index in [1.807, 2.05) is 91.0 Å². The number of rotatable bonds is 9. The minimum atomic E-state index is -0.781. The Hall–Kier alpha value is -4.74. The molecule has 3 aromatic carbocycles. The molecule has 2 N–H and O–H groups in total. The zero-order chi connectivity index (χ0) is 30.6. The van der Waals surface area contributed by atoms with Gasteiger partial charge in [0.2, 0.25) is 11.8 Å². The molecule has 3 amide bonds. The van der Waals surface area contributed by atoms with E-state index in [2.05, 4.69) is 15.6 Å². The van der Waals surface area contributed by atoms with Gasteiger partial charge in [0.15, 0.2) is 11.2 Å². The number of β-lactam (4-membered cyclic amide) rings is 1. The van der Waals surface area contributed by atoms with E-state index in [0.717, 1.165) is 16.7 Å². The topological polar surface area (TPSA) is 118 Å². The molecule has 0 aliphatic carbocycles. The van der Waals surface area contributed by atoms with Gasteiger partial charge >= 0.3 is 5.97 Å². The molecule has 0 radical (unpaired) electrons. The number of esters is 1. The van der Waals surface area contributed by atoms with Crippen LogP contribution in [0.1, 0.15) is 34.6 Å². The van der Waals surface area contributed by atoms with Gasteiger partial charge in [0.1, 0.15) is 17.1 Å². The minimum absolute atomic E-state index is 0.113. The Bertz CT molecular complexity index is 1690. The number of ether oxygens (including phenoxy) is 1. The van der Waals surface area contributed by atoms with Gasteiger partial charge in [-0.05, 0) is 16.7 Å². The number of amides is 3. The molecule has 2 atom stereocenters. The third-order valence-corrected chi connectivity index (χ3v) is 9.45. The van der Waals surface area contributed by atoms with Gasteiger partial charge in [-0.2, -0.15) is 0 Å². The maximum absolute atomic E-state index is 14.2. The smallest absolute Gasteiger partial charge is 0.356 e. The lowest BCUT2D eigenvalue weighted by molar-refractivity contribution is -0.154. The van der Waals surface area contributed by atoms with E-state index in [1.165, 1.54) is 34.9 Å². The number of carbonyl (C=O) groups excluding carboxylic acids is 4. The Labute approximate surface area is 262 Å². The molecule has 2 aliphatic rings. The number of nitrogens with one attached hydrogen (secondary N) is 2. The molecule has 2 aliphatic heterocycles. The van der Waals surface area contributed by atoms with Crippen molar-refractivity contribution in [3.05, 3.63) is 124 Å². The van der Waals surface area contributed by atoms with E-state index in [4.69, 9.17) is 4.74 Å². The molecule has 222 valence electrons. The lowest BCUT2D eigenvalue weighted by Gasteiger charge is -2.49. The fourth-order valence-electron chi connectivity index (χ4n) is 5.17. The van der Waals surface area contributed by atoms with Crippen LogP contribution in [0.15, 0.2) is 103 Å². The number of carbonyl (C=O) groups is 4. The van der Waals surface area contributed by atoms with E-state index >= 15 is 0 Å². The Balaban J connectivity index is 1.32. The monoisotopic (exact) mass is 624 g/mol. The first-order chi connectivity index (χ1) is 21.4. The van der Waals surface area contributed by atoms with Crippen LogP contribution in [-0.2, 0) is 30.3 Å². The van der Waals surface area contributed by atoms with Crippen molar-refractivity contribution in [3.8, 4) is 0 Å². The number of benzene rings is 3. The van der Waals surface area contributed by atoms with Crippen LogP contribution in [0.4, 0.5) is 5.13 Å². The first kappa shape index (κ1) is 29.3. The Morgan fingerprint density at radius 2 is 1.57 bits per heavy atom. The van der Waals surface area contributed by atoms with Gasteiger partial charge in [-0.3, -0.25) is 19.3 Å². The molecule has 4 aromatic rings. The predicted octanol–water partition coefficient (Wildman–Crippen LogP) is 4.79. The molecule has 0 saturated carbocycles. The van der Waals surface area contributed by atoms with Crippen LogP contribution in [0.3, 0.4) is 0 Å². The summed E-state index contributed by atoms with van der Waals surface area (Å²) in [5.41, 5.74) is 3.09. The molecule has 0 bridgehead atoms. The number of hydrogen-bond acceptors (Lipinski definition) is 8. The molecule has 2 unspecified atom stereocenters. The number of aromatic nitrogens is 1. The molecule has 3 heterocycles. The van der Waals surface area contributed by atoms with Crippen LogP contribution in [0.25, 0.3) is 5.57 Å². The van der Waals surface area contributed by atoms with Crippen LogP contribution in [0, 0.1) is 0 Å². The second-order valence-corrected chi connectivity index (χ2v) is 12.4. The number of anilines is 1. The summed E-state index contributed by atoms with van der Waals surface area (Å²) in [5, 5.41) is 5.43. The van der Waals surface area contributed by atoms with Gasteiger partial charge in [-0.15, -0.1) is 11.8 Å². The summed E-state index contributed by atoms with van der Waals surface area (Å²) in [6, 6.07) is 27.3. The molecular weight excluding hydrogens is 597 g/mol. The third-order valence-electron chi connectivity index (χ3n) is 7.20. The van der Waals surface area contributed by atoms with Gasteiger partial charge in [0.05, 0.1) is 11.3 Å². The number of hydrogen-bond donors (Lipinski definition) is 2. The van der Waals surface area contributed by atoms with Crippen molar-refractivity contribution in [3.63, 3.8) is 0 Å². The molecule has 9 nitrogen and oxygen atoms in total. The van der Waals surface area contributed by atoms with Crippen LogP contribution < -0.4 is 10.6 Å². The fraction of sp³-hybridized carbons (Fsp3) is 0.182. The van der Waals surface area contributed by atoms with Gasteiger partial charge in [0.25, 0.3) is 5.91 Å². The number of thiazole rings is 1. The van der Waals surface area contributed by atoms with Crippen molar-refractivity contribution in [2.45, 2.75) is 30.9 Å². The van der Waals surface area contributed by atoms with Gasteiger partial charge in [0, 0.05) is 24.4 Å². The summed E-state index contributed by atoms with van der Waals surface area (Å²) in [6.45, 7) is 1.39. The van der Waals surface area contributed by atoms with Crippen molar-refractivity contribution in [1.29, 1.82) is 0 Å². The molecule has 44 heavy (non-hydrogen) atoms. The van der Waals surface area contributed by atoms with E-state index in [0.29, 0.717) is 21.3 Å². The van der Waals surface area contributed by atoms with Crippen molar-refractivity contribution >= 4 is 57.5 Å². The normalized spacial score (nSPS) is 17.5. The molecule has 1 saturated heterocycles. The summed E-state index contributed by atoms with van der Waals surface area (Å²) in [4.78, 5) is 58.6. The molecule has 0 spiro atoms. The van der Waals surface area contributed by atoms with Crippen LogP contribution in [-0.4, -0.2) is 50.7 Å². The highest BCUT2D eigenvalue weighted by molar-refractivity contribution is 8.00. The molecule has 11 heteroatoms. The summed E-state index contributed by atoms with van der Waals surface area (Å²) in [6.07, 6.45) is 0.996. The van der Waals surface area contributed by atoms with E-state index in [-0.39, 0.29) is 23.9 Å². The zero-order valence-corrected chi connectivity index (χ0v) is 25.3. The standard InChI is InChI=1S/C33H28N4O5S2/c1-20(38)35-33-34-18-25(44-33)24-19-43-31-27(36-26(39)17-21-11-5-2-6-12-21)30(40)37(31)28(24)32(41)42-29(22-13-7-3-8-14-22)23-15-9-4-10-16-23/h2-16,18,27,29,31H,17,19H2,1H3,(H,36,39)(H,34,35,38). The summed E-state index contributed by atoms with van der Waals surface area (Å²) >= 11 is 2.66. The van der Waals surface area contributed by atoms with E-state index < -0.39 is 29.4 Å². The Morgan fingerprint density at radius 1 is 0.955 bits per heavy atom. The highest BCUT2D eigenvalue weighted by atomic mass is 32.2. The molecular formula is C33H28N4O5S2. The van der Waals surface area contributed by atoms with Crippen molar-refractivity contribution < 1.29 is 23.9 Å². The lowest BCUT2D eigenvalue weighted by atomic mass is 10.00. The third kappa shape index (κ3) is 6.15. The SMILES string of the molecule is CC(=O)Nc1ncc(C2=C(C(=O)OC(c3ccccc3)c3ccccc3)N3C(=O)C(NC(=O)Cc4ccccc4)C3SC2)s1. The van der Waals surface area contributed by atoms with Gasteiger partial charge < -0.3 is 15.4 Å². The predicted molar refractivity (Wildman–Crippen MR) is 169 cm³/mol. The van der Waals surface area contributed by atoms with Crippen molar-refractivity contribution in [1.82, 2.24) is 15.2 Å². The zero-order valence-electron chi connectivity index (χ0n) is 23.6. The average molecular weight is 625 g/mol. The quantitative estimate of drug-likeness (QED) is 0.203. The fourth-order valence-corrected chi connectivity index (χ4v) is 7.53. The molecule has 1 aromatic heterocycles. The highest BCUT2D eigenvalue weighted by Gasteiger charge is 2.55. The van der Waals surface area contributed by atoms with Gasteiger partial charge in [-0.1, -0.05) is 102 Å². The first-order valence-corrected chi connectivity index (χ1v) is 15.8. The van der Waals surface area contributed by atoms with Crippen molar-refractivity contribution in [2.24, 2.45) is 0 Å². The largest absolute Gasteiger partial charge is 0.448 e. The number of nitrogens with zero attached hydrogens (tertiary/aromatic N) is 2. The van der Waals surface area contributed by atoms with Crippen molar-refractivity contribution in [2.75, 3.05) is 11.1 Å². The lowest BCUT2D eigenvalue weighted by Crippen LogP contribution is -2.70. The number of thioether (sulfide) groups is 1. The van der Waals surface area contributed by atoms with Gasteiger partial charge in [-0.25, -0.2) is 9.78 Å². The Morgan fingerprint density at radius 3 is 2.18 bits per heavy atom. The maximum Gasteiger partial charge on any atom is 0.356 e. The Kier molecular flexibility index (Phi) is 8.58. The van der Waals surface area contributed by atoms with Crippen LogP contribution in [0.5, 0.6) is 0 Å². The van der Waals surface area contributed by atoms with Crippen LogP contribution in [0.2, 0.25) is 0 Å². The summed E-state index contributed by atoms with van der Waals surface area (Å²) < 4.78 is 6.21. The average Bonchev–Trinajstić information content (AvgIpc) is 3.50. The first-order valence-electron chi connectivity index (χ1n) is 13.9. The highest BCUT2D eigenvalue weighted by Crippen LogP contribution is 2.45. The second-order valence-electron chi connectivity index (χ2n) is 10.3. The molecule has 1 fully saturated rings. The summed E-state index contributed by atoms with van der Waals surface area (Å²) in [5.74, 6) is -1.23. The maximum atomic E-state index is 14.2.